The highest BCUT2D eigenvalue weighted by Gasteiger charge is 2.14. The van der Waals surface area contributed by atoms with Crippen LogP contribution in [0.15, 0.2) is 21.1 Å². The molecule has 64 valence electrons. The van der Waals surface area contributed by atoms with E-state index in [0.29, 0.717) is 8.95 Å². The minimum atomic E-state index is -0.791. The number of halogens is 3. The van der Waals surface area contributed by atoms with Gasteiger partial charge in [0.15, 0.2) is 0 Å². The van der Waals surface area contributed by atoms with Gasteiger partial charge in [-0.05, 0) is 44.0 Å². The van der Waals surface area contributed by atoms with Gasteiger partial charge in [0.05, 0.1) is 5.56 Å². The molecular formula is C7H4Br2FNO. The Morgan fingerprint density at radius 2 is 2.00 bits per heavy atom. The van der Waals surface area contributed by atoms with Gasteiger partial charge in [0, 0.05) is 8.95 Å². The lowest BCUT2D eigenvalue weighted by Crippen LogP contribution is -2.14. The van der Waals surface area contributed by atoms with Crippen LogP contribution in [-0.2, 0) is 0 Å². The highest BCUT2D eigenvalue weighted by atomic mass is 79.9. The van der Waals surface area contributed by atoms with E-state index in [1.165, 1.54) is 12.1 Å². The van der Waals surface area contributed by atoms with Crippen LogP contribution in [0.5, 0.6) is 0 Å². The van der Waals surface area contributed by atoms with Gasteiger partial charge in [0.25, 0.3) is 5.91 Å². The largest absolute Gasteiger partial charge is 0.365 e. The Hall–Kier alpha value is -0.420. The molecular weight excluding hydrogens is 293 g/mol. The van der Waals surface area contributed by atoms with Crippen LogP contribution < -0.4 is 5.73 Å². The van der Waals surface area contributed by atoms with Crippen LogP contribution in [0.3, 0.4) is 0 Å². The van der Waals surface area contributed by atoms with E-state index in [-0.39, 0.29) is 5.56 Å². The zero-order chi connectivity index (χ0) is 9.30. The fourth-order valence-corrected chi connectivity index (χ4v) is 1.60. The fraction of sp³-hybridized carbons (Fsp3) is 0. The summed E-state index contributed by atoms with van der Waals surface area (Å²) in [6, 6.07) is 2.67. The first-order valence-electron chi connectivity index (χ1n) is 2.97. The first kappa shape index (κ1) is 9.67. The molecule has 0 saturated carbocycles. The predicted molar refractivity (Wildman–Crippen MR) is 50.3 cm³/mol. The van der Waals surface area contributed by atoms with Gasteiger partial charge in [-0.3, -0.25) is 4.79 Å². The summed E-state index contributed by atoms with van der Waals surface area (Å²) >= 11 is 6.17. The van der Waals surface area contributed by atoms with E-state index in [9.17, 15) is 9.18 Å². The van der Waals surface area contributed by atoms with Gasteiger partial charge >= 0.3 is 0 Å². The summed E-state index contributed by atoms with van der Waals surface area (Å²) in [6.45, 7) is 0. The molecule has 0 heterocycles. The van der Waals surface area contributed by atoms with Crippen molar-refractivity contribution in [3.8, 4) is 0 Å². The number of benzene rings is 1. The average molecular weight is 297 g/mol. The first-order valence-corrected chi connectivity index (χ1v) is 4.56. The zero-order valence-corrected chi connectivity index (χ0v) is 8.95. The Kier molecular flexibility index (Phi) is 2.85. The SMILES string of the molecule is NC(=O)c1c(F)ccc(Br)c1Br. The Morgan fingerprint density at radius 3 is 2.42 bits per heavy atom. The van der Waals surface area contributed by atoms with Crippen molar-refractivity contribution in [3.05, 3.63) is 32.5 Å². The fourth-order valence-electron chi connectivity index (χ4n) is 0.753. The molecule has 5 heteroatoms. The number of primary amides is 1. The third-order valence-electron chi connectivity index (χ3n) is 1.29. The van der Waals surface area contributed by atoms with E-state index in [0.717, 1.165) is 0 Å². The van der Waals surface area contributed by atoms with E-state index in [1.807, 2.05) is 0 Å². The van der Waals surface area contributed by atoms with Crippen LogP contribution in [0.4, 0.5) is 4.39 Å². The Bertz CT molecular complexity index is 340. The molecule has 0 unspecified atom stereocenters. The van der Waals surface area contributed by atoms with Crippen LogP contribution in [0.25, 0.3) is 0 Å². The standard InChI is InChI=1S/C7H4Br2FNO/c8-3-1-2-4(10)5(6(3)9)7(11)12/h1-2H,(H2,11,12). The molecule has 0 radical (unpaired) electrons. The molecule has 0 spiro atoms. The van der Waals surface area contributed by atoms with E-state index in [2.05, 4.69) is 31.9 Å². The van der Waals surface area contributed by atoms with E-state index in [1.54, 1.807) is 0 Å². The molecule has 1 aromatic carbocycles. The molecule has 0 aliphatic rings. The maximum absolute atomic E-state index is 12.9. The third-order valence-corrected chi connectivity index (χ3v) is 3.31. The van der Waals surface area contributed by atoms with E-state index in [4.69, 9.17) is 5.73 Å². The minimum absolute atomic E-state index is 0.135. The van der Waals surface area contributed by atoms with Crippen molar-refractivity contribution in [1.29, 1.82) is 0 Å². The average Bonchev–Trinajstić information content (AvgIpc) is 1.97. The second-order valence-electron chi connectivity index (χ2n) is 2.08. The van der Waals surface area contributed by atoms with Crippen molar-refractivity contribution in [1.82, 2.24) is 0 Å². The van der Waals surface area contributed by atoms with Crippen molar-refractivity contribution >= 4 is 37.8 Å². The molecule has 2 N–H and O–H groups in total. The number of hydrogen-bond acceptors (Lipinski definition) is 1. The van der Waals surface area contributed by atoms with Gasteiger partial charge in [-0.2, -0.15) is 0 Å². The summed E-state index contributed by atoms with van der Waals surface area (Å²) in [6.07, 6.45) is 0. The molecule has 0 saturated heterocycles. The number of carbonyl (C=O) groups is 1. The normalized spacial score (nSPS) is 9.92. The Morgan fingerprint density at radius 1 is 1.42 bits per heavy atom. The summed E-state index contributed by atoms with van der Waals surface area (Å²) in [5.41, 5.74) is 4.82. The molecule has 0 fully saturated rings. The van der Waals surface area contributed by atoms with Crippen LogP contribution in [-0.4, -0.2) is 5.91 Å². The van der Waals surface area contributed by atoms with E-state index >= 15 is 0 Å². The van der Waals surface area contributed by atoms with Gasteiger partial charge in [-0.25, -0.2) is 4.39 Å². The van der Waals surface area contributed by atoms with Crippen molar-refractivity contribution in [2.45, 2.75) is 0 Å². The van der Waals surface area contributed by atoms with E-state index < -0.39 is 11.7 Å². The van der Waals surface area contributed by atoms with Gasteiger partial charge in [-0.1, -0.05) is 0 Å². The van der Waals surface area contributed by atoms with Crippen molar-refractivity contribution in [3.63, 3.8) is 0 Å². The monoisotopic (exact) mass is 295 g/mol. The van der Waals surface area contributed by atoms with Crippen molar-refractivity contribution in [2.75, 3.05) is 0 Å². The van der Waals surface area contributed by atoms with Gasteiger partial charge in [0.2, 0.25) is 0 Å². The highest BCUT2D eigenvalue weighted by molar-refractivity contribution is 9.13. The maximum atomic E-state index is 12.9. The summed E-state index contributed by atoms with van der Waals surface area (Å²) in [7, 11) is 0. The van der Waals surface area contributed by atoms with Crippen LogP contribution in [0.2, 0.25) is 0 Å². The number of nitrogens with two attached hydrogens (primary N) is 1. The molecule has 0 atom stereocenters. The minimum Gasteiger partial charge on any atom is -0.365 e. The van der Waals surface area contributed by atoms with Crippen molar-refractivity contribution in [2.24, 2.45) is 5.73 Å². The molecule has 0 bridgehead atoms. The second kappa shape index (κ2) is 3.53. The molecule has 1 rings (SSSR count). The quantitative estimate of drug-likeness (QED) is 0.795. The highest BCUT2D eigenvalue weighted by Crippen LogP contribution is 2.28. The van der Waals surface area contributed by atoms with Crippen LogP contribution >= 0.6 is 31.9 Å². The van der Waals surface area contributed by atoms with Crippen LogP contribution in [0.1, 0.15) is 10.4 Å². The molecule has 2 nitrogen and oxygen atoms in total. The van der Waals surface area contributed by atoms with Crippen molar-refractivity contribution < 1.29 is 9.18 Å². The molecule has 1 aromatic rings. The molecule has 0 aromatic heterocycles. The number of carbonyl (C=O) groups excluding carboxylic acids is 1. The summed E-state index contributed by atoms with van der Waals surface area (Å²) in [5, 5.41) is 0. The summed E-state index contributed by atoms with van der Waals surface area (Å²) in [5.74, 6) is -1.42. The topological polar surface area (TPSA) is 43.1 Å². The lowest BCUT2D eigenvalue weighted by atomic mass is 10.2. The molecule has 12 heavy (non-hydrogen) atoms. The lowest BCUT2D eigenvalue weighted by molar-refractivity contribution is 0.0995. The molecule has 1 amide bonds. The third kappa shape index (κ3) is 1.67. The summed E-state index contributed by atoms with van der Waals surface area (Å²) < 4.78 is 13.9. The smallest absolute Gasteiger partial charge is 0.252 e. The maximum Gasteiger partial charge on any atom is 0.252 e. The lowest BCUT2D eigenvalue weighted by Gasteiger charge is -2.02. The first-order chi connectivity index (χ1) is 5.54. The zero-order valence-electron chi connectivity index (χ0n) is 5.77. The summed E-state index contributed by atoms with van der Waals surface area (Å²) in [4.78, 5) is 10.7. The Balaban J connectivity index is 3.43. The van der Waals surface area contributed by atoms with Gasteiger partial charge < -0.3 is 5.73 Å². The number of amides is 1. The number of hydrogen-bond donors (Lipinski definition) is 1. The Labute approximate surface area is 85.2 Å². The second-order valence-corrected chi connectivity index (χ2v) is 3.73. The van der Waals surface area contributed by atoms with Gasteiger partial charge in [0.1, 0.15) is 5.82 Å². The predicted octanol–water partition coefficient (Wildman–Crippen LogP) is 2.45. The molecule has 0 aliphatic heterocycles. The molecule has 0 aliphatic carbocycles. The van der Waals surface area contributed by atoms with Gasteiger partial charge in [-0.15, -0.1) is 0 Å². The number of rotatable bonds is 1. The van der Waals surface area contributed by atoms with Crippen LogP contribution in [0, 0.1) is 5.82 Å².